The van der Waals surface area contributed by atoms with Crippen LogP contribution >= 0.6 is 0 Å². The summed E-state index contributed by atoms with van der Waals surface area (Å²) in [4.78, 5) is 1.62. The van der Waals surface area contributed by atoms with Crippen molar-refractivity contribution >= 4 is 5.95 Å². The van der Waals surface area contributed by atoms with Crippen molar-refractivity contribution in [3.63, 3.8) is 0 Å². The number of hydrogen-bond acceptors (Lipinski definition) is 5. The number of aromatic nitrogens is 4. The van der Waals surface area contributed by atoms with Crippen molar-refractivity contribution in [2.24, 2.45) is 0 Å². The van der Waals surface area contributed by atoms with E-state index in [1.54, 1.807) is 19.0 Å². The van der Waals surface area contributed by atoms with Gasteiger partial charge >= 0.3 is 6.18 Å². The van der Waals surface area contributed by atoms with Crippen molar-refractivity contribution in [2.45, 2.75) is 6.18 Å². The molecule has 2 aromatic rings. The first-order valence-electron chi connectivity index (χ1n) is 5.30. The van der Waals surface area contributed by atoms with Gasteiger partial charge in [0, 0.05) is 19.7 Å². The molecule has 0 aliphatic heterocycles. The summed E-state index contributed by atoms with van der Waals surface area (Å²) in [5, 5.41) is 15.2. The Morgan fingerprint density at radius 3 is 1.84 bits per heavy atom. The number of hydrogen-bond donors (Lipinski definition) is 0. The molecular weight excluding hydrogens is 259 g/mol. The largest absolute Gasteiger partial charge is 0.416 e. The lowest BCUT2D eigenvalue weighted by Crippen LogP contribution is -2.14. The van der Waals surface area contributed by atoms with Gasteiger partial charge in [0.2, 0.25) is 5.82 Å². The maximum Gasteiger partial charge on any atom is 0.416 e. The summed E-state index contributed by atoms with van der Waals surface area (Å²) in [5.74, 6) is 0.509. The van der Waals surface area contributed by atoms with Gasteiger partial charge in [-0.25, -0.2) is 0 Å². The smallest absolute Gasteiger partial charge is 0.344 e. The summed E-state index contributed by atoms with van der Waals surface area (Å²) in [6.07, 6.45) is -4.36. The molecule has 0 amide bonds. The van der Waals surface area contributed by atoms with Crippen molar-refractivity contribution in [1.82, 2.24) is 20.4 Å². The normalized spacial score (nSPS) is 11.4. The molecule has 0 bridgehead atoms. The third kappa shape index (κ3) is 2.95. The Labute approximate surface area is 107 Å². The van der Waals surface area contributed by atoms with E-state index in [2.05, 4.69) is 20.4 Å². The second-order valence-electron chi connectivity index (χ2n) is 3.99. The molecule has 1 aromatic carbocycles. The van der Waals surface area contributed by atoms with Crippen molar-refractivity contribution < 1.29 is 13.2 Å². The SMILES string of the molecule is CN(C)c1nnc(-c2ccc(C(F)(F)F)cc2)nn1. The molecule has 100 valence electrons. The maximum absolute atomic E-state index is 12.4. The van der Waals surface area contributed by atoms with E-state index < -0.39 is 11.7 Å². The van der Waals surface area contributed by atoms with Gasteiger partial charge in [-0.3, -0.25) is 0 Å². The number of rotatable bonds is 2. The number of alkyl halides is 3. The lowest BCUT2D eigenvalue weighted by molar-refractivity contribution is -0.137. The first kappa shape index (κ1) is 13.2. The minimum absolute atomic E-state index is 0.180. The third-order valence-electron chi connectivity index (χ3n) is 2.34. The van der Waals surface area contributed by atoms with Crippen molar-refractivity contribution in [3.8, 4) is 11.4 Å². The minimum atomic E-state index is -4.36. The van der Waals surface area contributed by atoms with Crippen molar-refractivity contribution in [1.29, 1.82) is 0 Å². The zero-order valence-electron chi connectivity index (χ0n) is 10.2. The molecule has 8 heteroatoms. The first-order valence-corrected chi connectivity index (χ1v) is 5.30. The van der Waals surface area contributed by atoms with Crippen LogP contribution in [0, 0.1) is 0 Å². The van der Waals surface area contributed by atoms with E-state index in [0.29, 0.717) is 11.5 Å². The summed E-state index contributed by atoms with van der Waals surface area (Å²) in [5.41, 5.74) is -0.291. The Hall–Kier alpha value is -2.25. The van der Waals surface area contributed by atoms with Crippen LogP contribution in [-0.4, -0.2) is 34.5 Å². The van der Waals surface area contributed by atoms with Gasteiger partial charge in [0.05, 0.1) is 5.56 Å². The highest BCUT2D eigenvalue weighted by Gasteiger charge is 2.30. The molecule has 5 nitrogen and oxygen atoms in total. The van der Waals surface area contributed by atoms with Gasteiger partial charge in [0.15, 0.2) is 0 Å². The van der Waals surface area contributed by atoms with E-state index >= 15 is 0 Å². The van der Waals surface area contributed by atoms with Gasteiger partial charge in [-0.2, -0.15) is 13.2 Å². The van der Waals surface area contributed by atoms with E-state index in [0.717, 1.165) is 12.1 Å². The van der Waals surface area contributed by atoms with Gasteiger partial charge in [-0.15, -0.1) is 20.4 Å². The quantitative estimate of drug-likeness (QED) is 0.834. The predicted octanol–water partition coefficient (Wildman–Crippen LogP) is 2.02. The summed E-state index contributed by atoms with van der Waals surface area (Å²) in [6.45, 7) is 0. The number of anilines is 1. The highest BCUT2D eigenvalue weighted by atomic mass is 19.4. The zero-order chi connectivity index (χ0) is 14.0. The Kier molecular flexibility index (Phi) is 3.32. The van der Waals surface area contributed by atoms with Gasteiger partial charge in [0.25, 0.3) is 5.95 Å². The molecule has 1 heterocycles. The Morgan fingerprint density at radius 2 is 1.42 bits per heavy atom. The molecule has 0 saturated carbocycles. The molecule has 0 unspecified atom stereocenters. The molecule has 0 aliphatic carbocycles. The van der Waals surface area contributed by atoms with Crippen LogP contribution in [0.1, 0.15) is 5.56 Å². The average molecular weight is 269 g/mol. The Bertz CT molecular complexity index is 548. The van der Waals surface area contributed by atoms with E-state index in [1.165, 1.54) is 12.1 Å². The molecule has 0 spiro atoms. The Morgan fingerprint density at radius 1 is 0.895 bits per heavy atom. The lowest BCUT2D eigenvalue weighted by Gasteiger charge is -2.08. The molecule has 0 fully saturated rings. The number of benzene rings is 1. The molecule has 0 aliphatic rings. The second-order valence-corrected chi connectivity index (χ2v) is 3.99. The van der Waals surface area contributed by atoms with Crippen LogP contribution in [0.3, 0.4) is 0 Å². The number of halogens is 3. The third-order valence-corrected chi connectivity index (χ3v) is 2.34. The monoisotopic (exact) mass is 269 g/mol. The first-order chi connectivity index (χ1) is 8.88. The number of nitrogens with zero attached hydrogens (tertiary/aromatic N) is 5. The van der Waals surface area contributed by atoms with Gasteiger partial charge in [0.1, 0.15) is 0 Å². The highest BCUT2D eigenvalue weighted by molar-refractivity contribution is 5.54. The fourth-order valence-corrected chi connectivity index (χ4v) is 1.33. The van der Waals surface area contributed by atoms with E-state index in [4.69, 9.17) is 0 Å². The molecular formula is C11H10F3N5. The van der Waals surface area contributed by atoms with Crippen molar-refractivity contribution in [2.75, 3.05) is 19.0 Å². The second kappa shape index (κ2) is 4.79. The molecule has 19 heavy (non-hydrogen) atoms. The summed E-state index contributed by atoms with van der Waals surface area (Å²) in [7, 11) is 3.47. The van der Waals surface area contributed by atoms with Crippen LogP contribution in [0.25, 0.3) is 11.4 Å². The fourth-order valence-electron chi connectivity index (χ4n) is 1.33. The highest BCUT2D eigenvalue weighted by Crippen LogP contribution is 2.30. The summed E-state index contributed by atoms with van der Waals surface area (Å²) < 4.78 is 37.2. The maximum atomic E-state index is 12.4. The van der Waals surface area contributed by atoms with E-state index in [1.807, 2.05) is 0 Å². The zero-order valence-corrected chi connectivity index (χ0v) is 10.2. The standard InChI is InChI=1S/C11H10F3N5/c1-19(2)10-17-15-9(16-18-10)7-3-5-8(6-4-7)11(12,13)14/h3-6H,1-2H3. The molecule has 2 rings (SSSR count). The van der Waals surface area contributed by atoms with Crippen LogP contribution in [0.15, 0.2) is 24.3 Å². The van der Waals surface area contributed by atoms with Gasteiger partial charge in [-0.05, 0) is 12.1 Å². The van der Waals surface area contributed by atoms with Crippen LogP contribution in [0.2, 0.25) is 0 Å². The summed E-state index contributed by atoms with van der Waals surface area (Å²) >= 11 is 0. The van der Waals surface area contributed by atoms with Crippen LogP contribution in [-0.2, 0) is 6.18 Å². The molecule has 0 atom stereocenters. The summed E-state index contributed by atoms with van der Waals surface area (Å²) in [6, 6.07) is 4.52. The molecule has 0 saturated heterocycles. The lowest BCUT2D eigenvalue weighted by atomic mass is 10.1. The Balaban J connectivity index is 2.27. The predicted molar refractivity (Wildman–Crippen MR) is 62.4 cm³/mol. The van der Waals surface area contributed by atoms with Crippen LogP contribution in [0.5, 0.6) is 0 Å². The topological polar surface area (TPSA) is 54.8 Å². The van der Waals surface area contributed by atoms with Crippen LogP contribution < -0.4 is 4.90 Å². The average Bonchev–Trinajstić information content (AvgIpc) is 2.38. The van der Waals surface area contributed by atoms with Gasteiger partial charge in [-0.1, -0.05) is 12.1 Å². The van der Waals surface area contributed by atoms with E-state index in [9.17, 15) is 13.2 Å². The molecule has 1 aromatic heterocycles. The fraction of sp³-hybridized carbons (Fsp3) is 0.273. The van der Waals surface area contributed by atoms with Crippen LogP contribution in [0.4, 0.5) is 19.1 Å². The van der Waals surface area contributed by atoms with E-state index in [-0.39, 0.29) is 5.82 Å². The molecule has 0 radical (unpaired) electrons. The van der Waals surface area contributed by atoms with Crippen molar-refractivity contribution in [3.05, 3.63) is 29.8 Å². The minimum Gasteiger partial charge on any atom is -0.344 e. The van der Waals surface area contributed by atoms with Gasteiger partial charge < -0.3 is 4.90 Å². The molecule has 0 N–H and O–H groups in total.